The van der Waals surface area contributed by atoms with Crippen LogP contribution in [0.4, 0.5) is 10.1 Å². The minimum absolute atomic E-state index is 0.0424. The Morgan fingerprint density at radius 2 is 1.81 bits per heavy atom. The molecule has 1 amide bonds. The van der Waals surface area contributed by atoms with E-state index in [2.05, 4.69) is 5.32 Å². The lowest BCUT2D eigenvalue weighted by Crippen LogP contribution is -2.41. The molecule has 0 radical (unpaired) electrons. The van der Waals surface area contributed by atoms with Crippen LogP contribution in [0.5, 0.6) is 0 Å². The van der Waals surface area contributed by atoms with E-state index in [4.69, 9.17) is 27.9 Å². The van der Waals surface area contributed by atoms with Gasteiger partial charge in [-0.05, 0) is 43.2 Å². The molecule has 1 aliphatic rings. The number of nitrogens with zero attached hydrogens (tertiary/aromatic N) is 1. The van der Waals surface area contributed by atoms with Gasteiger partial charge in [-0.15, -0.1) is 0 Å². The molecule has 0 bridgehead atoms. The van der Waals surface area contributed by atoms with Crippen LogP contribution in [0.2, 0.25) is 10.0 Å². The molecule has 31 heavy (non-hydrogen) atoms. The molecule has 0 atom stereocenters. The lowest BCUT2D eigenvalue weighted by atomic mass is 9.98. The molecular formula is C20H19Cl2FN2O5S. The van der Waals surface area contributed by atoms with E-state index in [1.165, 1.54) is 30.3 Å². The zero-order chi connectivity index (χ0) is 22.6. The number of ether oxygens (including phenoxy) is 1. The van der Waals surface area contributed by atoms with Crippen LogP contribution in [0.3, 0.4) is 0 Å². The Morgan fingerprint density at radius 3 is 2.48 bits per heavy atom. The number of carbonyl (C=O) groups excluding carboxylic acids is 2. The van der Waals surface area contributed by atoms with Crippen molar-refractivity contribution in [3.8, 4) is 0 Å². The van der Waals surface area contributed by atoms with Gasteiger partial charge < -0.3 is 10.1 Å². The highest BCUT2D eigenvalue weighted by atomic mass is 35.5. The normalized spacial score (nSPS) is 15.5. The molecule has 1 N–H and O–H groups in total. The minimum atomic E-state index is -3.99. The average molecular weight is 489 g/mol. The van der Waals surface area contributed by atoms with E-state index < -0.39 is 45.1 Å². The van der Waals surface area contributed by atoms with Gasteiger partial charge in [0.05, 0.1) is 16.6 Å². The first kappa shape index (κ1) is 23.5. The molecule has 166 valence electrons. The second kappa shape index (κ2) is 9.95. The molecule has 0 unspecified atom stereocenters. The molecule has 1 fully saturated rings. The lowest BCUT2D eigenvalue weighted by molar-refractivity contribution is -0.152. The molecule has 7 nitrogen and oxygen atoms in total. The van der Waals surface area contributed by atoms with E-state index in [0.717, 1.165) is 10.4 Å². The average Bonchev–Trinajstić information content (AvgIpc) is 2.75. The highest BCUT2D eigenvalue weighted by molar-refractivity contribution is 7.89. The topological polar surface area (TPSA) is 92.8 Å². The Labute approximate surface area is 189 Å². The Morgan fingerprint density at radius 1 is 1.13 bits per heavy atom. The van der Waals surface area contributed by atoms with E-state index in [9.17, 15) is 22.4 Å². The largest absolute Gasteiger partial charge is 0.455 e. The SMILES string of the molecule is O=C(COC(=O)C1CCN(S(=O)(=O)c2ccccc2F)CC1)Nc1cc(Cl)ccc1Cl. The van der Waals surface area contributed by atoms with Crippen LogP contribution in [0.1, 0.15) is 12.8 Å². The van der Waals surface area contributed by atoms with Crippen molar-refractivity contribution in [2.24, 2.45) is 5.92 Å². The van der Waals surface area contributed by atoms with Crippen LogP contribution >= 0.6 is 23.2 Å². The number of amides is 1. The number of hydrogen-bond acceptors (Lipinski definition) is 5. The maximum atomic E-state index is 13.9. The summed E-state index contributed by atoms with van der Waals surface area (Å²) in [5.74, 6) is -2.57. The van der Waals surface area contributed by atoms with E-state index in [1.807, 2.05) is 0 Å². The van der Waals surface area contributed by atoms with Gasteiger partial charge in [-0.25, -0.2) is 12.8 Å². The molecule has 1 heterocycles. The summed E-state index contributed by atoms with van der Waals surface area (Å²) in [6.45, 7) is -0.434. The van der Waals surface area contributed by atoms with Crippen LogP contribution in [-0.4, -0.2) is 44.3 Å². The van der Waals surface area contributed by atoms with E-state index in [0.29, 0.717) is 10.7 Å². The fourth-order valence-corrected chi connectivity index (χ4v) is 5.03. The summed E-state index contributed by atoms with van der Waals surface area (Å²) in [6, 6.07) is 9.70. The fraction of sp³-hybridized carbons (Fsp3) is 0.300. The van der Waals surface area contributed by atoms with Crippen molar-refractivity contribution in [3.63, 3.8) is 0 Å². The molecule has 3 rings (SSSR count). The first-order valence-corrected chi connectivity index (χ1v) is 11.5. The quantitative estimate of drug-likeness (QED) is 0.625. The number of halogens is 3. The minimum Gasteiger partial charge on any atom is -0.455 e. The van der Waals surface area contributed by atoms with Crippen molar-refractivity contribution in [2.45, 2.75) is 17.7 Å². The van der Waals surface area contributed by atoms with Crippen LogP contribution in [0.25, 0.3) is 0 Å². The molecule has 0 aliphatic carbocycles. The third-order valence-corrected chi connectivity index (χ3v) is 7.29. The van der Waals surface area contributed by atoms with Crippen molar-refractivity contribution in [3.05, 3.63) is 58.3 Å². The van der Waals surface area contributed by atoms with E-state index in [1.54, 1.807) is 6.07 Å². The summed E-state index contributed by atoms with van der Waals surface area (Å²) in [6.07, 6.45) is 0.405. The predicted octanol–water partition coefficient (Wildman–Crippen LogP) is 3.72. The van der Waals surface area contributed by atoms with E-state index in [-0.39, 0.29) is 31.0 Å². The first-order valence-electron chi connectivity index (χ1n) is 9.34. The van der Waals surface area contributed by atoms with Crippen molar-refractivity contribution in [2.75, 3.05) is 25.0 Å². The van der Waals surface area contributed by atoms with Gasteiger partial charge in [-0.2, -0.15) is 4.31 Å². The molecular weight excluding hydrogens is 470 g/mol. The number of piperidine rings is 1. The van der Waals surface area contributed by atoms with Crippen molar-refractivity contribution in [1.82, 2.24) is 4.31 Å². The molecule has 2 aromatic rings. The highest BCUT2D eigenvalue weighted by Crippen LogP contribution is 2.27. The maximum absolute atomic E-state index is 13.9. The first-order chi connectivity index (χ1) is 14.7. The number of benzene rings is 2. The summed E-state index contributed by atoms with van der Waals surface area (Å²) in [5, 5.41) is 3.17. The van der Waals surface area contributed by atoms with Gasteiger partial charge in [-0.1, -0.05) is 35.3 Å². The van der Waals surface area contributed by atoms with Gasteiger partial charge in [0.1, 0.15) is 10.7 Å². The standard InChI is InChI=1S/C20H19Cl2FN2O5S/c21-14-5-6-15(22)17(11-14)24-19(26)12-30-20(27)13-7-9-25(10-8-13)31(28,29)18-4-2-1-3-16(18)23/h1-6,11,13H,7-10,12H2,(H,24,26). The highest BCUT2D eigenvalue weighted by Gasteiger charge is 2.34. The third-order valence-electron chi connectivity index (χ3n) is 4.79. The Kier molecular flexibility index (Phi) is 7.53. The van der Waals surface area contributed by atoms with Gasteiger partial charge in [0.2, 0.25) is 10.0 Å². The molecule has 0 spiro atoms. The van der Waals surface area contributed by atoms with Gasteiger partial charge in [0, 0.05) is 18.1 Å². The second-order valence-electron chi connectivity index (χ2n) is 6.89. The van der Waals surface area contributed by atoms with Crippen molar-refractivity contribution in [1.29, 1.82) is 0 Å². The van der Waals surface area contributed by atoms with Gasteiger partial charge in [-0.3, -0.25) is 9.59 Å². The molecule has 0 saturated carbocycles. The maximum Gasteiger partial charge on any atom is 0.309 e. The van der Waals surface area contributed by atoms with Crippen molar-refractivity contribution >= 4 is 50.8 Å². The summed E-state index contributed by atoms with van der Waals surface area (Å²) in [7, 11) is -3.99. The van der Waals surface area contributed by atoms with Crippen LogP contribution in [0, 0.1) is 11.7 Å². The zero-order valence-corrected chi connectivity index (χ0v) is 18.5. The predicted molar refractivity (Wildman–Crippen MR) is 114 cm³/mol. The molecule has 11 heteroatoms. The Balaban J connectivity index is 1.51. The van der Waals surface area contributed by atoms with Gasteiger partial charge in [0.25, 0.3) is 5.91 Å². The number of esters is 1. The summed E-state index contributed by atoms with van der Waals surface area (Å²) in [5.41, 5.74) is 0.293. The number of rotatable bonds is 6. The summed E-state index contributed by atoms with van der Waals surface area (Å²) < 4.78 is 45.3. The van der Waals surface area contributed by atoms with Crippen LogP contribution < -0.4 is 5.32 Å². The summed E-state index contributed by atoms with van der Waals surface area (Å²) >= 11 is 11.8. The van der Waals surface area contributed by atoms with E-state index >= 15 is 0 Å². The summed E-state index contributed by atoms with van der Waals surface area (Å²) in [4.78, 5) is 23.9. The molecule has 1 saturated heterocycles. The van der Waals surface area contributed by atoms with Crippen molar-refractivity contribution < 1.29 is 27.1 Å². The van der Waals surface area contributed by atoms with Crippen LogP contribution in [0.15, 0.2) is 47.4 Å². The smallest absolute Gasteiger partial charge is 0.309 e. The second-order valence-corrected chi connectivity index (χ2v) is 9.64. The number of hydrogen-bond donors (Lipinski definition) is 1. The Bertz CT molecular complexity index is 1090. The van der Waals surface area contributed by atoms with Gasteiger partial charge in [0.15, 0.2) is 6.61 Å². The number of nitrogens with one attached hydrogen (secondary N) is 1. The fourth-order valence-electron chi connectivity index (χ4n) is 3.16. The molecule has 1 aliphatic heterocycles. The number of carbonyl (C=O) groups is 2. The molecule has 0 aromatic heterocycles. The monoisotopic (exact) mass is 488 g/mol. The van der Waals surface area contributed by atoms with Crippen LogP contribution in [-0.2, 0) is 24.3 Å². The molecule has 2 aromatic carbocycles. The number of anilines is 1. The number of sulfonamides is 1. The Hall–Kier alpha value is -2.20. The van der Waals surface area contributed by atoms with Gasteiger partial charge >= 0.3 is 5.97 Å². The lowest BCUT2D eigenvalue weighted by Gasteiger charge is -2.30. The zero-order valence-electron chi connectivity index (χ0n) is 16.2. The third kappa shape index (κ3) is 5.74.